The second-order valence-electron chi connectivity index (χ2n) is 6.77. The first kappa shape index (κ1) is 24.6. The van der Waals surface area contributed by atoms with Crippen LogP contribution in [0.15, 0.2) is 54.6 Å². The fourth-order valence-corrected chi connectivity index (χ4v) is 3.07. The summed E-state index contributed by atoms with van der Waals surface area (Å²) in [4.78, 5) is 36.0. The van der Waals surface area contributed by atoms with Crippen LogP contribution in [0.25, 0.3) is 0 Å². The van der Waals surface area contributed by atoms with Crippen LogP contribution < -0.4 is 10.6 Å². The summed E-state index contributed by atoms with van der Waals surface area (Å²) >= 11 is 2.18. The SMILES string of the molecule is COC(=O)[C@@H](Cc1ccc(I)cc1)NC(=O)C[C@@H](O)CNC(=O)OCc1ccccc1. The van der Waals surface area contributed by atoms with E-state index in [1.807, 2.05) is 54.6 Å². The van der Waals surface area contributed by atoms with Crippen LogP contribution in [0, 0.1) is 3.57 Å². The number of hydrogen-bond acceptors (Lipinski definition) is 6. The van der Waals surface area contributed by atoms with Gasteiger partial charge in [-0.25, -0.2) is 9.59 Å². The first-order chi connectivity index (χ1) is 14.9. The zero-order valence-electron chi connectivity index (χ0n) is 17.0. The normalized spacial score (nSPS) is 12.4. The number of ether oxygens (including phenoxy) is 2. The summed E-state index contributed by atoms with van der Waals surface area (Å²) in [7, 11) is 1.25. The largest absolute Gasteiger partial charge is 0.467 e. The molecule has 31 heavy (non-hydrogen) atoms. The number of esters is 1. The van der Waals surface area contributed by atoms with Crippen molar-refractivity contribution in [3.8, 4) is 0 Å². The molecule has 0 spiro atoms. The van der Waals surface area contributed by atoms with Crippen molar-refractivity contribution < 1.29 is 29.0 Å². The minimum atomic E-state index is -1.14. The molecule has 3 N–H and O–H groups in total. The minimum Gasteiger partial charge on any atom is -0.467 e. The zero-order valence-corrected chi connectivity index (χ0v) is 19.2. The highest BCUT2D eigenvalue weighted by atomic mass is 127. The van der Waals surface area contributed by atoms with Gasteiger partial charge in [0.25, 0.3) is 0 Å². The van der Waals surface area contributed by atoms with E-state index in [4.69, 9.17) is 9.47 Å². The Balaban J connectivity index is 1.76. The number of rotatable bonds is 10. The van der Waals surface area contributed by atoms with Crippen LogP contribution in [0.2, 0.25) is 0 Å². The molecule has 9 heteroatoms. The molecule has 0 heterocycles. The number of aliphatic hydroxyl groups is 1. The molecule has 0 saturated heterocycles. The summed E-state index contributed by atoms with van der Waals surface area (Å²) in [6.07, 6.45) is -1.87. The summed E-state index contributed by atoms with van der Waals surface area (Å²) in [6.45, 7) is -0.0658. The Hall–Kier alpha value is -2.66. The lowest BCUT2D eigenvalue weighted by atomic mass is 10.1. The van der Waals surface area contributed by atoms with Crippen molar-refractivity contribution in [1.29, 1.82) is 0 Å². The quantitative estimate of drug-likeness (QED) is 0.315. The molecule has 0 fully saturated rings. The van der Waals surface area contributed by atoms with E-state index in [0.717, 1.165) is 14.7 Å². The molecule has 0 unspecified atom stereocenters. The predicted molar refractivity (Wildman–Crippen MR) is 122 cm³/mol. The highest BCUT2D eigenvalue weighted by molar-refractivity contribution is 14.1. The lowest BCUT2D eigenvalue weighted by Crippen LogP contribution is -2.45. The molecular weight excluding hydrogens is 515 g/mol. The summed E-state index contributed by atoms with van der Waals surface area (Å²) in [5.74, 6) is -1.11. The van der Waals surface area contributed by atoms with Crippen molar-refractivity contribution in [2.24, 2.45) is 0 Å². The number of alkyl carbamates (subject to hydrolysis) is 1. The van der Waals surface area contributed by atoms with Crippen molar-refractivity contribution in [3.05, 3.63) is 69.3 Å². The number of nitrogens with one attached hydrogen (secondary N) is 2. The molecule has 0 aliphatic heterocycles. The van der Waals surface area contributed by atoms with Gasteiger partial charge in [-0.05, 0) is 45.9 Å². The van der Waals surface area contributed by atoms with Crippen molar-refractivity contribution in [3.63, 3.8) is 0 Å². The maximum Gasteiger partial charge on any atom is 0.407 e. The van der Waals surface area contributed by atoms with Gasteiger partial charge in [-0.15, -0.1) is 0 Å². The number of halogens is 1. The van der Waals surface area contributed by atoms with Crippen molar-refractivity contribution in [2.45, 2.75) is 31.6 Å². The lowest BCUT2D eigenvalue weighted by molar-refractivity contribution is -0.145. The van der Waals surface area contributed by atoms with Crippen LogP contribution in [-0.4, -0.2) is 48.9 Å². The second-order valence-corrected chi connectivity index (χ2v) is 8.02. The minimum absolute atomic E-state index is 0.0998. The number of aliphatic hydroxyl groups excluding tert-OH is 1. The van der Waals surface area contributed by atoms with Gasteiger partial charge in [0.05, 0.1) is 19.6 Å². The molecule has 2 amide bonds. The van der Waals surface area contributed by atoms with Crippen molar-refractivity contribution in [1.82, 2.24) is 10.6 Å². The van der Waals surface area contributed by atoms with Crippen molar-refractivity contribution in [2.75, 3.05) is 13.7 Å². The van der Waals surface area contributed by atoms with Gasteiger partial charge in [0.1, 0.15) is 12.6 Å². The standard InChI is InChI=1S/C22H25IN2O6/c1-30-21(28)19(11-15-7-9-17(23)10-8-15)25-20(27)12-18(26)13-24-22(29)31-14-16-5-3-2-4-6-16/h2-10,18-19,26H,11-14H2,1H3,(H,24,29)(H,25,27)/t18-,19-/m1/s1. The second kappa shape index (κ2) is 12.9. The van der Waals surface area contributed by atoms with E-state index >= 15 is 0 Å². The van der Waals surface area contributed by atoms with E-state index in [2.05, 4.69) is 33.2 Å². The molecule has 0 aromatic heterocycles. The number of benzene rings is 2. The first-order valence-electron chi connectivity index (χ1n) is 9.61. The Morgan fingerprint density at radius 3 is 2.35 bits per heavy atom. The van der Waals surface area contributed by atoms with Gasteiger partial charge in [0.15, 0.2) is 0 Å². The third-order valence-electron chi connectivity index (χ3n) is 4.29. The highest BCUT2D eigenvalue weighted by Gasteiger charge is 2.23. The fourth-order valence-electron chi connectivity index (χ4n) is 2.71. The third kappa shape index (κ3) is 9.35. The summed E-state index contributed by atoms with van der Waals surface area (Å²) in [6, 6.07) is 15.8. The number of hydrogen-bond donors (Lipinski definition) is 3. The zero-order chi connectivity index (χ0) is 22.6. The molecule has 0 bridgehead atoms. The van der Waals surface area contributed by atoms with E-state index in [-0.39, 0.29) is 26.0 Å². The van der Waals surface area contributed by atoms with Gasteiger partial charge in [-0.2, -0.15) is 0 Å². The molecule has 2 atom stereocenters. The average molecular weight is 540 g/mol. The predicted octanol–water partition coefficient (Wildman–Crippen LogP) is 2.17. The Morgan fingerprint density at radius 1 is 1.03 bits per heavy atom. The van der Waals surface area contributed by atoms with Gasteiger partial charge < -0.3 is 25.2 Å². The maximum absolute atomic E-state index is 12.3. The summed E-state index contributed by atoms with van der Waals surface area (Å²) in [5, 5.41) is 15.0. The molecule has 0 aliphatic carbocycles. The summed E-state index contributed by atoms with van der Waals surface area (Å²) in [5.41, 5.74) is 1.69. The number of carbonyl (C=O) groups is 3. The number of amides is 2. The maximum atomic E-state index is 12.3. The monoisotopic (exact) mass is 540 g/mol. The lowest BCUT2D eigenvalue weighted by Gasteiger charge is -2.18. The van der Waals surface area contributed by atoms with E-state index in [9.17, 15) is 19.5 Å². The topological polar surface area (TPSA) is 114 Å². The van der Waals surface area contributed by atoms with Crippen molar-refractivity contribution >= 4 is 40.6 Å². The molecule has 166 valence electrons. The summed E-state index contributed by atoms with van der Waals surface area (Å²) < 4.78 is 10.9. The third-order valence-corrected chi connectivity index (χ3v) is 5.01. The van der Waals surface area contributed by atoms with Gasteiger partial charge in [-0.3, -0.25) is 4.79 Å². The van der Waals surface area contributed by atoms with Gasteiger partial charge >= 0.3 is 12.1 Å². The molecular formula is C22H25IN2O6. The van der Waals surface area contributed by atoms with Crippen LogP contribution >= 0.6 is 22.6 Å². The molecule has 0 radical (unpaired) electrons. The van der Waals surface area contributed by atoms with E-state index in [0.29, 0.717) is 0 Å². The smallest absolute Gasteiger partial charge is 0.407 e. The first-order valence-corrected chi connectivity index (χ1v) is 10.7. The molecule has 0 aliphatic rings. The van der Waals surface area contributed by atoms with Crippen LogP contribution in [0.1, 0.15) is 17.5 Å². The molecule has 2 aromatic carbocycles. The fraction of sp³-hybridized carbons (Fsp3) is 0.318. The van der Waals surface area contributed by atoms with E-state index < -0.39 is 30.1 Å². The molecule has 0 saturated carbocycles. The van der Waals surface area contributed by atoms with Crippen LogP contribution in [0.3, 0.4) is 0 Å². The average Bonchev–Trinajstić information content (AvgIpc) is 2.77. The highest BCUT2D eigenvalue weighted by Crippen LogP contribution is 2.10. The van der Waals surface area contributed by atoms with Crippen LogP contribution in [0.4, 0.5) is 4.79 Å². The Labute approximate surface area is 194 Å². The Morgan fingerprint density at radius 2 is 1.71 bits per heavy atom. The van der Waals surface area contributed by atoms with Gasteiger partial charge in [0.2, 0.25) is 5.91 Å². The molecule has 8 nitrogen and oxygen atoms in total. The van der Waals surface area contributed by atoms with Gasteiger partial charge in [0, 0.05) is 16.5 Å². The number of methoxy groups -OCH3 is 1. The van der Waals surface area contributed by atoms with E-state index in [1.54, 1.807) is 0 Å². The Bertz CT molecular complexity index is 860. The van der Waals surface area contributed by atoms with Crippen LogP contribution in [-0.2, 0) is 32.1 Å². The van der Waals surface area contributed by atoms with Gasteiger partial charge in [-0.1, -0.05) is 42.5 Å². The molecule has 2 aromatic rings. The van der Waals surface area contributed by atoms with E-state index in [1.165, 1.54) is 7.11 Å². The van der Waals surface area contributed by atoms with Crippen LogP contribution in [0.5, 0.6) is 0 Å². The molecule has 2 rings (SSSR count). The number of carbonyl (C=O) groups excluding carboxylic acids is 3. The Kier molecular flexibility index (Phi) is 10.2.